The number of nitrogens with two attached hydrogens (primary N) is 1. The number of nitrogens with one attached hydrogen (secondary N) is 3. The SMILES string of the molecule is CC(=O)Nc1ccc(-c2ccc(C[C@@H](NC(=O)OCC3c4ccccc4-c4ccccc43)OC=O)cc2)cc1.CC(=O)Nc1ccc(B2OC(C)(C)C(C)(C)O2)cc1.CC1(C)OB(c2ccc(N)cc2)OC1(C)C. The van der Waals surface area contributed by atoms with E-state index in [2.05, 4.69) is 40.2 Å². The number of alkyl carbamates (subject to hydrolysis) is 1. The molecule has 3 amide bonds. The molecule has 0 radical (unpaired) electrons. The van der Waals surface area contributed by atoms with Crippen molar-refractivity contribution in [3.8, 4) is 22.3 Å². The van der Waals surface area contributed by atoms with Crippen LogP contribution < -0.4 is 32.6 Å². The smallest absolute Gasteiger partial charge is 0.448 e. The van der Waals surface area contributed by atoms with Gasteiger partial charge in [-0.25, -0.2) is 4.79 Å². The van der Waals surface area contributed by atoms with Gasteiger partial charge in [0.2, 0.25) is 11.8 Å². The van der Waals surface area contributed by atoms with E-state index >= 15 is 0 Å². The Bertz CT molecular complexity index is 2830. The van der Waals surface area contributed by atoms with Crippen molar-refractivity contribution in [1.29, 1.82) is 0 Å². The van der Waals surface area contributed by atoms with Crippen molar-refractivity contribution in [2.24, 2.45) is 0 Å². The van der Waals surface area contributed by atoms with E-state index < -0.39 is 12.3 Å². The minimum absolute atomic E-state index is 0.0616. The third-order valence-corrected chi connectivity index (χ3v) is 14.0. The molecule has 2 saturated heterocycles. The van der Waals surface area contributed by atoms with Crippen LogP contribution in [0.15, 0.2) is 146 Å². The van der Waals surface area contributed by atoms with Crippen LogP contribution in [0.3, 0.4) is 0 Å². The molecule has 2 heterocycles. The molecule has 6 aromatic rings. The summed E-state index contributed by atoms with van der Waals surface area (Å²) in [5.41, 5.74) is 16.0. The number of hydrogen-bond donors (Lipinski definition) is 4. The molecule has 5 N–H and O–H groups in total. The number of rotatable bonds is 12. The number of benzene rings is 6. The van der Waals surface area contributed by atoms with Crippen molar-refractivity contribution in [3.63, 3.8) is 0 Å². The zero-order valence-corrected chi connectivity index (χ0v) is 43.8. The molecule has 0 bridgehead atoms. The molecule has 0 spiro atoms. The van der Waals surface area contributed by atoms with Crippen LogP contribution in [-0.4, -0.2) is 73.9 Å². The Morgan fingerprint density at radius 3 is 1.39 bits per heavy atom. The van der Waals surface area contributed by atoms with Gasteiger partial charge in [0.15, 0.2) is 6.23 Å². The summed E-state index contributed by atoms with van der Waals surface area (Å²) in [6.07, 6.45) is -1.24. The molecule has 2 aliphatic heterocycles. The van der Waals surface area contributed by atoms with Gasteiger partial charge in [0.25, 0.3) is 6.47 Å². The first-order chi connectivity index (χ1) is 35.0. The van der Waals surface area contributed by atoms with Gasteiger partial charge in [-0.2, -0.15) is 0 Å². The van der Waals surface area contributed by atoms with Gasteiger partial charge in [0.05, 0.1) is 22.4 Å². The quantitative estimate of drug-likeness (QED) is 0.0396. The van der Waals surface area contributed by atoms with E-state index in [1.807, 2.05) is 177 Å². The van der Waals surface area contributed by atoms with Crippen LogP contribution in [0.4, 0.5) is 21.9 Å². The van der Waals surface area contributed by atoms with Gasteiger partial charge in [-0.1, -0.05) is 109 Å². The molecule has 3 aliphatic rings. The summed E-state index contributed by atoms with van der Waals surface area (Å²) in [5, 5.41) is 8.14. The number of fused-ring (bicyclic) bond motifs is 3. The zero-order valence-electron chi connectivity index (χ0n) is 43.8. The van der Waals surface area contributed by atoms with E-state index in [-0.39, 0.29) is 67.4 Å². The van der Waals surface area contributed by atoms with E-state index in [0.29, 0.717) is 6.47 Å². The Morgan fingerprint density at radius 1 is 0.581 bits per heavy atom. The van der Waals surface area contributed by atoms with Gasteiger partial charge in [-0.3, -0.25) is 19.7 Å². The molecular weight excluding hydrogens is 934 g/mol. The maximum atomic E-state index is 12.7. The number of carbonyl (C=O) groups excluding carboxylic acids is 4. The number of anilines is 3. The molecule has 74 heavy (non-hydrogen) atoms. The lowest BCUT2D eigenvalue weighted by Crippen LogP contribution is -2.41. The summed E-state index contributed by atoms with van der Waals surface area (Å²) >= 11 is 0. The van der Waals surface area contributed by atoms with Crippen molar-refractivity contribution in [2.75, 3.05) is 23.0 Å². The monoisotopic (exact) mass is 1000 g/mol. The molecule has 6 aromatic carbocycles. The second-order valence-electron chi connectivity index (χ2n) is 20.5. The fraction of sp³-hybridized carbons (Fsp3) is 0.310. The lowest BCUT2D eigenvalue weighted by atomic mass is 9.79. The average Bonchev–Trinajstić information content (AvgIpc) is 3.88. The van der Waals surface area contributed by atoms with Crippen LogP contribution in [0.1, 0.15) is 91.8 Å². The van der Waals surface area contributed by atoms with Crippen LogP contribution in [0.2, 0.25) is 0 Å². The first-order valence-corrected chi connectivity index (χ1v) is 24.7. The molecule has 0 aromatic heterocycles. The number of nitrogen functional groups attached to an aromatic ring is 1. The number of ether oxygens (including phenoxy) is 2. The van der Waals surface area contributed by atoms with Crippen LogP contribution in [0.25, 0.3) is 22.3 Å². The third-order valence-electron chi connectivity index (χ3n) is 14.0. The highest BCUT2D eigenvalue weighted by atomic mass is 16.7. The molecular formula is C58H66B2N4O10. The fourth-order valence-electron chi connectivity index (χ4n) is 8.51. The molecule has 1 aliphatic carbocycles. The maximum absolute atomic E-state index is 12.7. The topological polar surface area (TPSA) is 186 Å². The standard InChI is InChI=1S/C32H28N2O5.C14H20BNO3.C12H18BNO2/c1-21(36)33-25-16-14-24(15-17-25)23-12-10-22(11-13-23)18-31(39-20-35)34-32(37)38-19-30-28-8-4-2-6-26(28)27-7-3-5-9-29(27)30;1-10(17)16-12-8-6-11(7-9-12)15-18-13(2,3)14(4,5)19-15;1-11(2)12(3,4)16-13(15-11)9-5-7-10(14)8-6-9/h2-17,20,30-31H,18-19H2,1H3,(H,33,36)(H,34,37);6-9H,1-5H3,(H,16,17);5-8H,14H2,1-4H3/t31-;;/m0../s1. The highest BCUT2D eigenvalue weighted by molar-refractivity contribution is 6.62. The van der Waals surface area contributed by atoms with Crippen molar-refractivity contribution in [2.45, 2.75) is 110 Å². The normalized spacial score (nSPS) is 16.7. The Morgan fingerprint density at radius 2 is 0.973 bits per heavy atom. The summed E-state index contributed by atoms with van der Waals surface area (Å²) in [7, 11) is -0.665. The maximum Gasteiger partial charge on any atom is 0.494 e. The molecule has 0 saturated carbocycles. The second-order valence-corrected chi connectivity index (χ2v) is 20.5. The van der Waals surface area contributed by atoms with Gasteiger partial charge < -0.3 is 44.5 Å². The third kappa shape index (κ3) is 13.3. The highest BCUT2D eigenvalue weighted by Gasteiger charge is 2.52. The average molecular weight is 1000 g/mol. The molecule has 9 rings (SSSR count). The van der Waals surface area contributed by atoms with E-state index in [1.54, 1.807) is 0 Å². The Labute approximate surface area is 435 Å². The van der Waals surface area contributed by atoms with Crippen LogP contribution >= 0.6 is 0 Å². The summed E-state index contributed by atoms with van der Waals surface area (Å²) in [4.78, 5) is 46.0. The van der Waals surface area contributed by atoms with Crippen LogP contribution in [0.5, 0.6) is 0 Å². The molecule has 1 atom stereocenters. The minimum atomic E-state index is -0.874. The Kier molecular flexibility index (Phi) is 16.9. The summed E-state index contributed by atoms with van der Waals surface area (Å²) in [5.74, 6) is -0.261. The second kappa shape index (κ2) is 22.9. The van der Waals surface area contributed by atoms with E-state index in [1.165, 1.54) is 13.8 Å². The Hall–Kier alpha value is -7.23. The first kappa shape index (κ1) is 54.5. The van der Waals surface area contributed by atoms with E-state index in [4.69, 9.17) is 33.8 Å². The lowest BCUT2D eigenvalue weighted by molar-refractivity contribution is -0.134. The van der Waals surface area contributed by atoms with E-state index in [0.717, 1.165) is 66.9 Å². The Balaban J connectivity index is 0.000000189. The van der Waals surface area contributed by atoms with Crippen LogP contribution in [0, 0.1) is 0 Å². The van der Waals surface area contributed by atoms with Gasteiger partial charge in [-0.15, -0.1) is 0 Å². The molecule has 384 valence electrons. The van der Waals surface area contributed by atoms with Gasteiger partial charge in [0.1, 0.15) is 6.61 Å². The highest BCUT2D eigenvalue weighted by Crippen LogP contribution is 2.44. The van der Waals surface area contributed by atoms with Crippen LogP contribution in [-0.2, 0) is 48.9 Å². The summed E-state index contributed by atoms with van der Waals surface area (Å²) in [6.45, 7) is 19.7. The molecule has 14 nitrogen and oxygen atoms in total. The minimum Gasteiger partial charge on any atom is -0.448 e. The lowest BCUT2D eigenvalue weighted by Gasteiger charge is -2.32. The fourth-order valence-corrected chi connectivity index (χ4v) is 8.51. The predicted molar refractivity (Wildman–Crippen MR) is 292 cm³/mol. The number of carbonyl (C=O) groups is 4. The molecule has 0 unspecified atom stereocenters. The van der Waals surface area contributed by atoms with Crippen molar-refractivity contribution < 1.29 is 47.3 Å². The zero-order chi connectivity index (χ0) is 53.4. The van der Waals surface area contributed by atoms with Crippen molar-refractivity contribution >= 4 is 66.6 Å². The van der Waals surface area contributed by atoms with Gasteiger partial charge in [-0.05, 0) is 142 Å². The summed E-state index contributed by atoms with van der Waals surface area (Å²) < 4.78 is 34.5. The molecule has 16 heteroatoms. The van der Waals surface area contributed by atoms with Crippen molar-refractivity contribution in [1.82, 2.24) is 5.32 Å². The largest absolute Gasteiger partial charge is 0.494 e. The number of amides is 3. The predicted octanol–water partition coefficient (Wildman–Crippen LogP) is 9.40. The van der Waals surface area contributed by atoms with E-state index in [9.17, 15) is 19.2 Å². The molecule has 2 fully saturated rings. The summed E-state index contributed by atoms with van der Waals surface area (Å²) in [6, 6.07) is 46.6. The van der Waals surface area contributed by atoms with Gasteiger partial charge >= 0.3 is 20.3 Å². The first-order valence-electron chi connectivity index (χ1n) is 24.7. The van der Waals surface area contributed by atoms with Crippen molar-refractivity contribution in [3.05, 3.63) is 162 Å². The number of hydrogen-bond acceptors (Lipinski definition) is 11. The van der Waals surface area contributed by atoms with Gasteiger partial charge in [0, 0.05) is 43.2 Å².